The van der Waals surface area contributed by atoms with Gasteiger partial charge in [0, 0.05) is 15.5 Å². The van der Waals surface area contributed by atoms with E-state index in [1.807, 2.05) is 12.1 Å². The third-order valence-corrected chi connectivity index (χ3v) is 4.89. The first-order valence-electron chi connectivity index (χ1n) is 7.58. The van der Waals surface area contributed by atoms with Crippen LogP contribution in [0.25, 0.3) is 11.5 Å². The normalized spacial score (nSPS) is 13.8. The predicted octanol–water partition coefficient (Wildman–Crippen LogP) is 4.02. The minimum atomic E-state index is -0.482. The minimum Gasteiger partial charge on any atom is -0.351 e. The van der Waals surface area contributed by atoms with Crippen LogP contribution in [0.5, 0.6) is 0 Å². The molecule has 0 amide bonds. The summed E-state index contributed by atoms with van der Waals surface area (Å²) in [7, 11) is 0. The highest BCUT2D eigenvalue weighted by Crippen LogP contribution is 2.30. The first-order chi connectivity index (χ1) is 12.5. The zero-order chi connectivity index (χ0) is 18.3. The largest absolute Gasteiger partial charge is 0.351 e. The highest BCUT2D eigenvalue weighted by molar-refractivity contribution is 14.1. The lowest BCUT2D eigenvalue weighted by Crippen LogP contribution is -2.24. The van der Waals surface area contributed by atoms with E-state index >= 15 is 0 Å². The van der Waals surface area contributed by atoms with Crippen molar-refractivity contribution >= 4 is 51.4 Å². The number of rotatable bonds is 3. The first-order valence-corrected chi connectivity index (χ1v) is 9.03. The second-order valence-corrected chi connectivity index (χ2v) is 7.13. The molecule has 4 rings (SSSR count). The fourth-order valence-corrected chi connectivity index (χ4v) is 3.14. The maximum Gasteiger partial charge on any atom is 0.231 e. The van der Waals surface area contributed by atoms with Gasteiger partial charge in [-0.3, -0.25) is 14.6 Å². The van der Waals surface area contributed by atoms with Gasteiger partial charge in [-0.15, -0.1) is 0 Å². The number of aromatic nitrogens is 3. The van der Waals surface area contributed by atoms with Crippen LogP contribution in [0.2, 0.25) is 0 Å². The number of aromatic amines is 1. The van der Waals surface area contributed by atoms with Crippen molar-refractivity contribution in [3.05, 3.63) is 74.3 Å². The van der Waals surface area contributed by atoms with Crippen LogP contribution in [0.4, 0.5) is 5.69 Å². The van der Waals surface area contributed by atoms with Crippen LogP contribution in [0.3, 0.4) is 0 Å². The number of nitrogens with zero attached hydrogens (tertiary/aromatic N) is 2. The van der Waals surface area contributed by atoms with Crippen molar-refractivity contribution in [2.24, 2.45) is 0 Å². The number of nitrogens with one attached hydrogen (secondary N) is 2. The molecule has 26 heavy (non-hydrogen) atoms. The van der Waals surface area contributed by atoms with Crippen molar-refractivity contribution in [1.29, 1.82) is 0 Å². The summed E-state index contributed by atoms with van der Waals surface area (Å²) in [6, 6.07) is 12.7. The lowest BCUT2D eigenvalue weighted by atomic mass is 10.0. The van der Waals surface area contributed by atoms with E-state index in [1.165, 1.54) is 0 Å². The molecule has 128 valence electrons. The summed E-state index contributed by atoms with van der Waals surface area (Å²) < 4.78 is 1.05. The third-order valence-electron chi connectivity index (χ3n) is 3.81. The monoisotopic (exact) mass is 476 g/mol. The molecule has 0 fully saturated rings. The average Bonchev–Trinajstić information content (AvgIpc) is 3.11. The number of imidazole rings is 1. The van der Waals surface area contributed by atoms with Gasteiger partial charge in [0.2, 0.25) is 11.6 Å². The van der Waals surface area contributed by atoms with Gasteiger partial charge in [0.25, 0.3) is 0 Å². The zero-order valence-electron chi connectivity index (χ0n) is 13.1. The number of fused-ring (bicyclic) bond motifs is 1. The molecular formula is C18H10ClIN4O2. The van der Waals surface area contributed by atoms with Crippen molar-refractivity contribution < 1.29 is 9.59 Å². The van der Waals surface area contributed by atoms with Crippen molar-refractivity contribution in [3.63, 3.8) is 0 Å². The number of hydrogen-bond donors (Lipinski definition) is 2. The minimum absolute atomic E-state index is 0.0180. The average molecular weight is 477 g/mol. The number of Topliss-reactive ketones (excluding diaryl/α,β-unsaturated/α-hetero) is 2. The Hall–Kier alpha value is -2.52. The van der Waals surface area contributed by atoms with E-state index in [9.17, 15) is 9.59 Å². The second-order valence-electron chi connectivity index (χ2n) is 5.50. The van der Waals surface area contributed by atoms with Crippen molar-refractivity contribution in [2.45, 2.75) is 0 Å². The number of allylic oxidation sites excluding steroid dienone is 2. The summed E-state index contributed by atoms with van der Waals surface area (Å²) in [5.74, 6) is -0.581. The lowest BCUT2D eigenvalue weighted by Gasteiger charge is -2.15. The summed E-state index contributed by atoms with van der Waals surface area (Å²) in [5, 5.41) is 2.76. The number of anilines is 1. The lowest BCUT2D eigenvalue weighted by molar-refractivity contribution is 0.0977. The quantitative estimate of drug-likeness (QED) is 0.558. The van der Waals surface area contributed by atoms with Crippen LogP contribution in [0.15, 0.2) is 59.4 Å². The van der Waals surface area contributed by atoms with Gasteiger partial charge in [0.15, 0.2) is 5.82 Å². The molecule has 0 saturated heterocycles. The van der Waals surface area contributed by atoms with Crippen molar-refractivity contribution in [3.8, 4) is 11.5 Å². The summed E-state index contributed by atoms with van der Waals surface area (Å²) >= 11 is 8.35. The van der Waals surface area contributed by atoms with Gasteiger partial charge < -0.3 is 10.3 Å². The number of halogens is 2. The maximum atomic E-state index is 12.8. The zero-order valence-corrected chi connectivity index (χ0v) is 16.0. The molecule has 0 radical (unpaired) electrons. The molecule has 1 aromatic carbocycles. The molecule has 1 aliphatic rings. The fourth-order valence-electron chi connectivity index (χ4n) is 2.56. The Bertz CT molecular complexity index is 1060. The maximum absolute atomic E-state index is 12.8. The molecule has 2 N–H and O–H groups in total. The Balaban J connectivity index is 1.73. The van der Waals surface area contributed by atoms with E-state index in [1.54, 1.807) is 36.5 Å². The summed E-state index contributed by atoms with van der Waals surface area (Å²) in [6.07, 6.45) is 1.61. The Labute approximate surface area is 166 Å². The molecule has 0 spiro atoms. The molecular weight excluding hydrogens is 467 g/mol. The Morgan fingerprint density at radius 3 is 2.50 bits per heavy atom. The van der Waals surface area contributed by atoms with E-state index in [0.29, 0.717) is 17.2 Å². The SMILES string of the molecule is O=C1C(Nc2ccc(I)cc2)=C(Cl)C(=O)c2[nH]c(-c3ccccn3)nc21. The van der Waals surface area contributed by atoms with Gasteiger partial charge in [0.1, 0.15) is 27.8 Å². The fraction of sp³-hybridized carbons (Fsp3) is 0. The Morgan fingerprint density at radius 2 is 1.81 bits per heavy atom. The van der Waals surface area contributed by atoms with Crippen LogP contribution in [0.1, 0.15) is 21.0 Å². The van der Waals surface area contributed by atoms with Crippen molar-refractivity contribution in [2.75, 3.05) is 5.32 Å². The number of pyridine rings is 1. The number of carbonyl (C=O) groups is 2. The Kier molecular flexibility index (Phi) is 4.33. The first kappa shape index (κ1) is 16.9. The molecule has 1 aliphatic carbocycles. The molecule has 0 saturated carbocycles. The third kappa shape index (κ3) is 2.93. The number of carbonyl (C=O) groups excluding carboxylic acids is 2. The van der Waals surface area contributed by atoms with Crippen LogP contribution in [0, 0.1) is 3.57 Å². The molecule has 0 bridgehead atoms. The van der Waals surface area contributed by atoms with E-state index in [4.69, 9.17) is 11.6 Å². The topological polar surface area (TPSA) is 87.7 Å². The predicted molar refractivity (Wildman–Crippen MR) is 106 cm³/mol. The van der Waals surface area contributed by atoms with Crippen LogP contribution < -0.4 is 5.32 Å². The second kappa shape index (κ2) is 6.65. The van der Waals surface area contributed by atoms with Gasteiger partial charge in [-0.1, -0.05) is 17.7 Å². The smallest absolute Gasteiger partial charge is 0.231 e. The number of hydrogen-bond acceptors (Lipinski definition) is 5. The van der Waals surface area contributed by atoms with Gasteiger partial charge >= 0.3 is 0 Å². The van der Waals surface area contributed by atoms with Gasteiger partial charge in [-0.2, -0.15) is 0 Å². The molecule has 6 nitrogen and oxygen atoms in total. The van der Waals surface area contributed by atoms with E-state index < -0.39 is 11.6 Å². The Morgan fingerprint density at radius 1 is 1.04 bits per heavy atom. The molecule has 8 heteroatoms. The molecule has 2 aromatic heterocycles. The van der Waals surface area contributed by atoms with E-state index in [0.717, 1.165) is 3.57 Å². The summed E-state index contributed by atoms with van der Waals surface area (Å²) in [4.78, 5) is 36.7. The number of benzene rings is 1. The molecule has 0 aliphatic heterocycles. The highest BCUT2D eigenvalue weighted by Gasteiger charge is 2.35. The molecule has 0 atom stereocenters. The number of ketones is 2. The van der Waals surface area contributed by atoms with Crippen LogP contribution in [-0.4, -0.2) is 26.5 Å². The highest BCUT2D eigenvalue weighted by atomic mass is 127. The standard InChI is InChI=1S/C18H10ClIN4O2/c19-12-13(22-10-6-4-9(20)5-7-10)17(26)15-14(16(12)25)23-18(24-15)11-3-1-2-8-21-11/h1-8,22H,(H,23,24). The van der Waals surface area contributed by atoms with E-state index in [2.05, 4.69) is 42.9 Å². The van der Waals surface area contributed by atoms with Crippen LogP contribution in [-0.2, 0) is 0 Å². The summed E-state index contributed by atoms with van der Waals surface area (Å²) in [6.45, 7) is 0. The van der Waals surface area contributed by atoms with Crippen molar-refractivity contribution in [1.82, 2.24) is 15.0 Å². The van der Waals surface area contributed by atoms with Gasteiger partial charge in [-0.25, -0.2) is 4.98 Å². The molecule has 0 unspecified atom stereocenters. The molecule has 2 heterocycles. The van der Waals surface area contributed by atoms with Crippen LogP contribution >= 0.6 is 34.2 Å². The molecule has 3 aromatic rings. The summed E-state index contributed by atoms with van der Waals surface area (Å²) in [5.41, 5.74) is 1.32. The van der Waals surface area contributed by atoms with Gasteiger partial charge in [-0.05, 0) is 59.0 Å². The number of H-pyrrole nitrogens is 1. The van der Waals surface area contributed by atoms with E-state index in [-0.39, 0.29) is 22.1 Å². The van der Waals surface area contributed by atoms with Gasteiger partial charge in [0.05, 0.1) is 0 Å².